The molecule has 3 rings (SSSR count). The van der Waals surface area contributed by atoms with Gasteiger partial charge in [-0.25, -0.2) is 0 Å². The predicted octanol–water partition coefficient (Wildman–Crippen LogP) is 2.09. The van der Waals surface area contributed by atoms with Crippen LogP contribution in [0.3, 0.4) is 0 Å². The van der Waals surface area contributed by atoms with Crippen LogP contribution >= 0.6 is 0 Å². The summed E-state index contributed by atoms with van der Waals surface area (Å²) in [6.45, 7) is 0.535. The van der Waals surface area contributed by atoms with Crippen LogP contribution in [0.25, 0.3) is 11.3 Å². The van der Waals surface area contributed by atoms with E-state index in [1.807, 2.05) is 30.3 Å². The summed E-state index contributed by atoms with van der Waals surface area (Å²) in [5.41, 5.74) is 1.03. The minimum absolute atomic E-state index is 0.186. The quantitative estimate of drug-likeness (QED) is 0.676. The molecule has 0 spiro atoms. The van der Waals surface area contributed by atoms with Crippen LogP contribution in [0.2, 0.25) is 0 Å². The lowest BCUT2D eigenvalue weighted by molar-refractivity contribution is 0.0908. The van der Waals surface area contributed by atoms with Crippen LogP contribution in [0.1, 0.15) is 21.0 Å². The molecule has 0 radical (unpaired) electrons. The molecule has 2 N–H and O–H groups in total. The number of nitrogens with zero attached hydrogens (tertiary/aromatic N) is 1. The maximum atomic E-state index is 12.0. The molecule has 0 saturated carbocycles. The van der Waals surface area contributed by atoms with Crippen LogP contribution in [0.4, 0.5) is 0 Å². The Bertz CT molecular complexity index is 810. The second kappa shape index (κ2) is 7.28. The largest absolute Gasteiger partial charge is 0.459 e. The van der Waals surface area contributed by atoms with E-state index in [-0.39, 0.29) is 36.4 Å². The Morgan fingerprint density at radius 1 is 0.958 bits per heavy atom. The number of carbonyl (C=O) groups excluding carboxylic acids is 2. The fourth-order valence-corrected chi connectivity index (χ4v) is 2.06. The third-order valence-electron chi connectivity index (χ3n) is 3.24. The van der Waals surface area contributed by atoms with Gasteiger partial charge in [-0.1, -0.05) is 35.5 Å². The minimum atomic E-state index is -0.367. The summed E-state index contributed by atoms with van der Waals surface area (Å²) in [6.07, 6.45) is 1.42. The normalized spacial score (nSPS) is 10.3. The van der Waals surface area contributed by atoms with Gasteiger partial charge >= 0.3 is 0 Å². The van der Waals surface area contributed by atoms with Crippen molar-refractivity contribution in [2.45, 2.75) is 0 Å². The Morgan fingerprint density at radius 3 is 2.42 bits per heavy atom. The number of benzene rings is 1. The second-order valence-electron chi connectivity index (χ2n) is 4.93. The zero-order valence-corrected chi connectivity index (χ0v) is 12.7. The molecule has 3 aromatic rings. The molecule has 0 unspecified atom stereocenters. The topological polar surface area (TPSA) is 97.4 Å². The Balaban J connectivity index is 1.47. The van der Waals surface area contributed by atoms with E-state index in [1.54, 1.807) is 18.2 Å². The lowest BCUT2D eigenvalue weighted by Crippen LogP contribution is -2.34. The van der Waals surface area contributed by atoms with Gasteiger partial charge in [0.1, 0.15) is 0 Å². The monoisotopic (exact) mass is 325 g/mol. The molecule has 0 atom stereocenters. The fourth-order valence-electron chi connectivity index (χ4n) is 2.06. The van der Waals surface area contributed by atoms with Crippen LogP contribution in [-0.4, -0.2) is 30.1 Å². The van der Waals surface area contributed by atoms with Crippen molar-refractivity contribution in [3.8, 4) is 11.3 Å². The second-order valence-corrected chi connectivity index (χ2v) is 4.93. The highest BCUT2D eigenvalue weighted by Gasteiger charge is 2.13. The van der Waals surface area contributed by atoms with Crippen LogP contribution in [0.5, 0.6) is 0 Å². The zero-order valence-electron chi connectivity index (χ0n) is 12.7. The molecule has 2 aromatic heterocycles. The van der Waals surface area contributed by atoms with E-state index < -0.39 is 0 Å². The van der Waals surface area contributed by atoms with Crippen molar-refractivity contribution in [2.24, 2.45) is 0 Å². The molecule has 2 amide bonds. The van der Waals surface area contributed by atoms with Gasteiger partial charge in [-0.15, -0.1) is 0 Å². The first-order chi connectivity index (χ1) is 11.7. The molecule has 1 aromatic carbocycles. The number of nitrogens with one attached hydrogen (secondary N) is 2. The number of hydrogen-bond acceptors (Lipinski definition) is 5. The van der Waals surface area contributed by atoms with Crippen LogP contribution in [-0.2, 0) is 0 Å². The minimum Gasteiger partial charge on any atom is -0.459 e. The van der Waals surface area contributed by atoms with Gasteiger partial charge in [0.05, 0.1) is 6.26 Å². The highest BCUT2D eigenvalue weighted by Crippen LogP contribution is 2.19. The highest BCUT2D eigenvalue weighted by molar-refractivity contribution is 5.93. The zero-order chi connectivity index (χ0) is 16.8. The summed E-state index contributed by atoms with van der Waals surface area (Å²) in [7, 11) is 0. The van der Waals surface area contributed by atoms with E-state index >= 15 is 0 Å². The number of furan rings is 1. The number of rotatable bonds is 6. The van der Waals surface area contributed by atoms with Crippen molar-refractivity contribution < 1.29 is 18.5 Å². The molecule has 0 aliphatic carbocycles. The van der Waals surface area contributed by atoms with Gasteiger partial charge in [0.25, 0.3) is 11.8 Å². The fraction of sp³-hybridized carbons (Fsp3) is 0.118. The Labute approximate surface area is 137 Å². The lowest BCUT2D eigenvalue weighted by atomic mass is 10.1. The van der Waals surface area contributed by atoms with Gasteiger partial charge in [0, 0.05) is 24.7 Å². The van der Waals surface area contributed by atoms with Crippen molar-refractivity contribution in [2.75, 3.05) is 13.1 Å². The van der Waals surface area contributed by atoms with Gasteiger partial charge < -0.3 is 19.6 Å². The highest BCUT2D eigenvalue weighted by atomic mass is 16.5. The Hall–Kier alpha value is -3.35. The molecule has 0 bridgehead atoms. The smallest absolute Gasteiger partial charge is 0.287 e. The molecular weight excluding hydrogens is 310 g/mol. The third-order valence-corrected chi connectivity index (χ3v) is 3.24. The lowest BCUT2D eigenvalue weighted by Gasteiger charge is -2.04. The van der Waals surface area contributed by atoms with Crippen molar-refractivity contribution in [3.63, 3.8) is 0 Å². The molecule has 7 nitrogen and oxygen atoms in total. The Kier molecular flexibility index (Phi) is 4.71. The number of hydrogen-bond donors (Lipinski definition) is 2. The van der Waals surface area contributed by atoms with Crippen molar-refractivity contribution in [1.29, 1.82) is 0 Å². The maximum absolute atomic E-state index is 12.0. The SMILES string of the molecule is O=C(NCCNC(=O)c1ccco1)c1cc(-c2ccccc2)on1. The van der Waals surface area contributed by atoms with Crippen molar-refractivity contribution in [1.82, 2.24) is 15.8 Å². The summed E-state index contributed by atoms with van der Waals surface area (Å²) >= 11 is 0. The van der Waals surface area contributed by atoms with Crippen molar-refractivity contribution >= 4 is 11.8 Å². The number of aromatic nitrogens is 1. The van der Waals surface area contributed by atoms with E-state index in [0.29, 0.717) is 5.76 Å². The standard InChI is InChI=1S/C17H15N3O4/c21-16(18-8-9-19-17(22)14-7-4-10-23-14)13-11-15(24-20-13)12-5-2-1-3-6-12/h1-7,10-11H,8-9H2,(H,18,21)(H,19,22). The molecule has 122 valence electrons. The van der Waals surface area contributed by atoms with Crippen LogP contribution < -0.4 is 10.6 Å². The van der Waals surface area contributed by atoms with Gasteiger partial charge in [-0.05, 0) is 12.1 Å². The molecular formula is C17H15N3O4. The molecule has 2 heterocycles. The molecule has 24 heavy (non-hydrogen) atoms. The summed E-state index contributed by atoms with van der Waals surface area (Å²) in [5.74, 6) is 0.0485. The average molecular weight is 325 g/mol. The van der Waals surface area contributed by atoms with Crippen LogP contribution in [0, 0.1) is 0 Å². The molecule has 0 aliphatic heterocycles. The summed E-state index contributed by atoms with van der Waals surface area (Å²) in [4.78, 5) is 23.6. The first-order valence-electron chi connectivity index (χ1n) is 7.36. The Morgan fingerprint density at radius 2 is 1.71 bits per heavy atom. The van der Waals surface area contributed by atoms with Crippen LogP contribution in [0.15, 0.2) is 63.7 Å². The summed E-state index contributed by atoms with van der Waals surface area (Å²) < 4.78 is 10.1. The van der Waals surface area contributed by atoms with Gasteiger partial charge in [0.15, 0.2) is 17.2 Å². The first-order valence-corrected chi connectivity index (χ1v) is 7.36. The number of amides is 2. The molecule has 7 heteroatoms. The summed E-state index contributed by atoms with van der Waals surface area (Å²) in [6, 6.07) is 14.1. The van der Waals surface area contributed by atoms with E-state index in [9.17, 15) is 9.59 Å². The first kappa shape index (κ1) is 15.5. The molecule has 0 fully saturated rings. The molecule has 0 saturated heterocycles. The number of carbonyl (C=O) groups is 2. The van der Waals surface area contributed by atoms with Gasteiger partial charge in [-0.2, -0.15) is 0 Å². The molecule has 0 aliphatic rings. The summed E-state index contributed by atoms with van der Waals surface area (Å²) in [5, 5.41) is 9.05. The van der Waals surface area contributed by atoms with E-state index in [4.69, 9.17) is 8.94 Å². The van der Waals surface area contributed by atoms with Gasteiger partial charge in [-0.3, -0.25) is 9.59 Å². The average Bonchev–Trinajstić information content (AvgIpc) is 3.31. The predicted molar refractivity (Wildman–Crippen MR) is 85.3 cm³/mol. The van der Waals surface area contributed by atoms with E-state index in [2.05, 4.69) is 15.8 Å². The van der Waals surface area contributed by atoms with E-state index in [0.717, 1.165) is 5.56 Å². The maximum Gasteiger partial charge on any atom is 0.287 e. The third kappa shape index (κ3) is 3.70. The van der Waals surface area contributed by atoms with Gasteiger partial charge in [0.2, 0.25) is 0 Å². The van der Waals surface area contributed by atoms with Crippen molar-refractivity contribution in [3.05, 3.63) is 66.2 Å². The van der Waals surface area contributed by atoms with E-state index in [1.165, 1.54) is 6.26 Å².